The van der Waals surface area contributed by atoms with Crippen molar-refractivity contribution >= 4 is 0 Å². The van der Waals surface area contributed by atoms with Crippen molar-refractivity contribution in [3.63, 3.8) is 0 Å². The third kappa shape index (κ3) is 3.44. The average Bonchev–Trinajstić information content (AvgIpc) is 2.79. The number of ether oxygens (including phenoxy) is 1. The van der Waals surface area contributed by atoms with E-state index < -0.39 is 0 Å². The summed E-state index contributed by atoms with van der Waals surface area (Å²) >= 11 is 0. The zero-order valence-electron chi connectivity index (χ0n) is 10.0. The second-order valence-corrected chi connectivity index (χ2v) is 4.21. The first-order valence-corrected chi connectivity index (χ1v) is 5.78. The number of nitrogens with zero attached hydrogens (tertiary/aromatic N) is 1. The predicted octanol–water partition coefficient (Wildman–Crippen LogP) is 2.68. The average molecular weight is 230 g/mol. The highest BCUT2D eigenvalue weighted by atomic mass is 16.5. The van der Waals surface area contributed by atoms with Crippen LogP contribution >= 0.6 is 0 Å². The Balaban J connectivity index is 1.82. The summed E-state index contributed by atoms with van der Waals surface area (Å²) in [5.41, 5.74) is 8.11. The van der Waals surface area contributed by atoms with Crippen molar-refractivity contribution in [3.05, 3.63) is 59.9 Å². The van der Waals surface area contributed by atoms with Gasteiger partial charge in [-0.25, -0.2) is 0 Å². The van der Waals surface area contributed by atoms with Gasteiger partial charge in [0.2, 0.25) is 0 Å². The third-order valence-electron chi connectivity index (χ3n) is 2.65. The molecule has 1 unspecified atom stereocenters. The molecule has 0 saturated carbocycles. The van der Waals surface area contributed by atoms with E-state index in [1.807, 2.05) is 48.1 Å². The molecule has 0 fully saturated rings. The molecule has 1 aromatic heterocycles. The maximum absolute atomic E-state index is 5.79. The molecular formula is C14H18N2O. The number of nitrogens with two attached hydrogens (primary N) is 1. The minimum absolute atomic E-state index is 0.0744. The standard InChI is InChI=1S/C14H18N2O/c1-12(15)14-7-8-16(9-14)11-17-10-13-5-3-2-4-6-13/h2-9,12H,10-11,15H2,1H3. The molecule has 0 aliphatic carbocycles. The van der Waals surface area contributed by atoms with Gasteiger partial charge in [0.1, 0.15) is 6.73 Å². The number of rotatable bonds is 5. The summed E-state index contributed by atoms with van der Waals surface area (Å²) in [5, 5.41) is 0. The summed E-state index contributed by atoms with van der Waals surface area (Å²) in [6, 6.07) is 12.3. The Morgan fingerprint density at radius 2 is 2.00 bits per heavy atom. The summed E-state index contributed by atoms with van der Waals surface area (Å²) in [6.07, 6.45) is 4.01. The minimum atomic E-state index is 0.0744. The van der Waals surface area contributed by atoms with E-state index in [9.17, 15) is 0 Å². The van der Waals surface area contributed by atoms with Gasteiger partial charge in [-0.1, -0.05) is 30.3 Å². The zero-order valence-corrected chi connectivity index (χ0v) is 10.0. The fraction of sp³-hybridized carbons (Fsp3) is 0.286. The van der Waals surface area contributed by atoms with Gasteiger partial charge in [-0.05, 0) is 24.1 Å². The fourth-order valence-electron chi connectivity index (χ4n) is 1.65. The first-order chi connectivity index (χ1) is 8.25. The Morgan fingerprint density at radius 3 is 2.65 bits per heavy atom. The van der Waals surface area contributed by atoms with Gasteiger partial charge in [-0.15, -0.1) is 0 Å². The Hall–Kier alpha value is -1.58. The Bertz CT molecular complexity index is 448. The lowest BCUT2D eigenvalue weighted by molar-refractivity contribution is 0.0641. The highest BCUT2D eigenvalue weighted by Crippen LogP contribution is 2.10. The normalized spacial score (nSPS) is 12.6. The molecule has 0 bridgehead atoms. The Kier molecular flexibility index (Phi) is 3.96. The van der Waals surface area contributed by atoms with Gasteiger partial charge in [0.15, 0.2) is 0 Å². The van der Waals surface area contributed by atoms with E-state index in [-0.39, 0.29) is 6.04 Å². The van der Waals surface area contributed by atoms with Crippen molar-refractivity contribution in [2.24, 2.45) is 5.73 Å². The molecule has 3 nitrogen and oxygen atoms in total. The molecule has 0 aliphatic heterocycles. The quantitative estimate of drug-likeness (QED) is 0.857. The number of hydrogen-bond donors (Lipinski definition) is 1. The van der Waals surface area contributed by atoms with Crippen LogP contribution in [0.3, 0.4) is 0 Å². The smallest absolute Gasteiger partial charge is 0.122 e. The molecule has 0 amide bonds. The summed E-state index contributed by atoms with van der Waals surface area (Å²) in [5.74, 6) is 0. The van der Waals surface area contributed by atoms with E-state index in [0.717, 1.165) is 5.56 Å². The molecule has 0 spiro atoms. The van der Waals surface area contributed by atoms with Crippen LogP contribution in [-0.4, -0.2) is 4.57 Å². The van der Waals surface area contributed by atoms with Crippen LogP contribution < -0.4 is 5.73 Å². The third-order valence-corrected chi connectivity index (χ3v) is 2.65. The van der Waals surface area contributed by atoms with Gasteiger partial charge >= 0.3 is 0 Å². The lowest BCUT2D eigenvalue weighted by atomic mass is 10.2. The lowest BCUT2D eigenvalue weighted by Gasteiger charge is -2.05. The Morgan fingerprint density at radius 1 is 1.24 bits per heavy atom. The number of benzene rings is 1. The summed E-state index contributed by atoms with van der Waals surface area (Å²) in [7, 11) is 0. The van der Waals surface area contributed by atoms with Crippen LogP contribution in [0.5, 0.6) is 0 Å². The molecule has 1 aromatic carbocycles. The van der Waals surface area contributed by atoms with Crippen LogP contribution in [0.15, 0.2) is 48.8 Å². The highest BCUT2D eigenvalue weighted by molar-refractivity contribution is 5.14. The second kappa shape index (κ2) is 5.66. The monoisotopic (exact) mass is 230 g/mol. The molecule has 1 atom stereocenters. The van der Waals surface area contributed by atoms with Crippen LogP contribution in [0, 0.1) is 0 Å². The SMILES string of the molecule is CC(N)c1ccn(COCc2ccccc2)c1. The van der Waals surface area contributed by atoms with Gasteiger partial charge in [0.25, 0.3) is 0 Å². The van der Waals surface area contributed by atoms with E-state index in [2.05, 4.69) is 12.1 Å². The fourth-order valence-corrected chi connectivity index (χ4v) is 1.65. The molecule has 17 heavy (non-hydrogen) atoms. The molecule has 0 aliphatic rings. The topological polar surface area (TPSA) is 40.2 Å². The number of hydrogen-bond acceptors (Lipinski definition) is 2. The number of aromatic nitrogens is 1. The zero-order chi connectivity index (χ0) is 12.1. The van der Waals surface area contributed by atoms with E-state index >= 15 is 0 Å². The molecular weight excluding hydrogens is 212 g/mol. The van der Waals surface area contributed by atoms with Crippen LogP contribution in [0.1, 0.15) is 24.1 Å². The van der Waals surface area contributed by atoms with Gasteiger partial charge in [0, 0.05) is 18.4 Å². The molecule has 1 heterocycles. The summed E-state index contributed by atoms with van der Waals surface area (Å²) in [6.45, 7) is 3.17. The first-order valence-electron chi connectivity index (χ1n) is 5.78. The minimum Gasteiger partial charge on any atom is -0.356 e. The van der Waals surface area contributed by atoms with Crippen molar-refractivity contribution in [1.29, 1.82) is 0 Å². The van der Waals surface area contributed by atoms with Crippen LogP contribution in [0.2, 0.25) is 0 Å². The van der Waals surface area contributed by atoms with E-state index in [1.54, 1.807) is 0 Å². The molecule has 2 aromatic rings. The summed E-state index contributed by atoms with van der Waals surface area (Å²) < 4.78 is 7.62. The van der Waals surface area contributed by atoms with Crippen LogP contribution in [0.4, 0.5) is 0 Å². The van der Waals surface area contributed by atoms with Gasteiger partial charge < -0.3 is 15.0 Å². The predicted molar refractivity (Wildman–Crippen MR) is 68.3 cm³/mol. The van der Waals surface area contributed by atoms with Gasteiger partial charge in [0.05, 0.1) is 6.61 Å². The van der Waals surface area contributed by atoms with E-state index in [0.29, 0.717) is 13.3 Å². The molecule has 90 valence electrons. The van der Waals surface area contributed by atoms with Crippen molar-refractivity contribution < 1.29 is 4.74 Å². The summed E-state index contributed by atoms with van der Waals surface area (Å²) in [4.78, 5) is 0. The molecule has 0 radical (unpaired) electrons. The molecule has 2 N–H and O–H groups in total. The van der Waals surface area contributed by atoms with Crippen molar-refractivity contribution in [2.45, 2.75) is 26.3 Å². The van der Waals surface area contributed by atoms with Crippen molar-refractivity contribution in [3.8, 4) is 0 Å². The second-order valence-electron chi connectivity index (χ2n) is 4.21. The maximum Gasteiger partial charge on any atom is 0.122 e. The molecule has 0 saturated heterocycles. The van der Waals surface area contributed by atoms with E-state index in [4.69, 9.17) is 10.5 Å². The Labute approximate surface area is 102 Å². The van der Waals surface area contributed by atoms with Crippen LogP contribution in [0.25, 0.3) is 0 Å². The maximum atomic E-state index is 5.79. The lowest BCUT2D eigenvalue weighted by Crippen LogP contribution is -2.04. The first kappa shape index (κ1) is 11.9. The van der Waals surface area contributed by atoms with E-state index in [1.165, 1.54) is 5.56 Å². The van der Waals surface area contributed by atoms with Crippen molar-refractivity contribution in [1.82, 2.24) is 4.57 Å². The highest BCUT2D eigenvalue weighted by Gasteiger charge is 2.01. The molecule has 3 heteroatoms. The molecule has 2 rings (SSSR count). The van der Waals surface area contributed by atoms with Gasteiger partial charge in [-0.3, -0.25) is 0 Å². The van der Waals surface area contributed by atoms with Gasteiger partial charge in [-0.2, -0.15) is 0 Å². The largest absolute Gasteiger partial charge is 0.356 e. The van der Waals surface area contributed by atoms with Crippen molar-refractivity contribution in [2.75, 3.05) is 0 Å². The van der Waals surface area contributed by atoms with Crippen LogP contribution in [-0.2, 0) is 18.1 Å².